The predicted octanol–water partition coefficient (Wildman–Crippen LogP) is 1.91. The molecule has 20 heavy (non-hydrogen) atoms. The van der Waals surface area contributed by atoms with Crippen molar-refractivity contribution in [3.63, 3.8) is 0 Å². The second-order valence-corrected chi connectivity index (χ2v) is 5.61. The molecule has 0 bridgehead atoms. The van der Waals surface area contributed by atoms with Crippen molar-refractivity contribution in [2.45, 2.75) is 13.0 Å². The summed E-state index contributed by atoms with van der Waals surface area (Å²) in [5, 5.41) is 6.73. The molecule has 0 aromatic heterocycles. The first-order valence-electron chi connectivity index (χ1n) is 6.80. The fraction of sp³-hybridized carbons (Fsp3) is 0.533. The molecular weight excluding hydrogens is 274 g/mol. The Balaban J connectivity index is 2.70. The van der Waals surface area contributed by atoms with Gasteiger partial charge in [-0.25, -0.2) is 0 Å². The summed E-state index contributed by atoms with van der Waals surface area (Å²) in [4.78, 5) is 14.0. The molecule has 0 saturated carbocycles. The van der Waals surface area contributed by atoms with Crippen molar-refractivity contribution in [2.75, 3.05) is 34.2 Å². The van der Waals surface area contributed by atoms with Gasteiger partial charge in [0, 0.05) is 24.0 Å². The van der Waals surface area contributed by atoms with Crippen LogP contribution in [0.3, 0.4) is 0 Å². The Morgan fingerprint density at radius 3 is 2.50 bits per heavy atom. The van der Waals surface area contributed by atoms with Crippen LogP contribution in [-0.2, 0) is 4.79 Å². The highest BCUT2D eigenvalue weighted by Gasteiger charge is 2.19. The van der Waals surface area contributed by atoms with Crippen LogP contribution in [0.4, 0.5) is 0 Å². The molecule has 0 fully saturated rings. The van der Waals surface area contributed by atoms with Gasteiger partial charge in [0.15, 0.2) is 0 Å². The highest BCUT2D eigenvalue weighted by Crippen LogP contribution is 2.25. The molecule has 1 rings (SSSR count). The zero-order valence-electron chi connectivity index (χ0n) is 12.6. The van der Waals surface area contributed by atoms with Crippen LogP contribution in [0.25, 0.3) is 0 Å². The van der Waals surface area contributed by atoms with Gasteiger partial charge in [0.1, 0.15) is 0 Å². The smallest absolute Gasteiger partial charge is 0.224 e. The van der Waals surface area contributed by atoms with Crippen LogP contribution in [0.15, 0.2) is 24.3 Å². The van der Waals surface area contributed by atoms with Crippen LogP contribution in [0, 0.1) is 5.92 Å². The van der Waals surface area contributed by atoms with E-state index in [0.29, 0.717) is 13.1 Å². The van der Waals surface area contributed by atoms with Crippen LogP contribution in [0.1, 0.15) is 18.5 Å². The quantitative estimate of drug-likeness (QED) is 0.808. The van der Waals surface area contributed by atoms with E-state index in [-0.39, 0.29) is 17.9 Å². The number of likely N-dealkylation sites (N-methyl/N-ethyl adjacent to an activating group) is 1. The van der Waals surface area contributed by atoms with E-state index in [4.69, 9.17) is 11.6 Å². The van der Waals surface area contributed by atoms with Crippen LogP contribution in [0.2, 0.25) is 5.02 Å². The minimum absolute atomic E-state index is 0.0472. The second-order valence-electron chi connectivity index (χ2n) is 5.20. The molecule has 0 aliphatic rings. The molecule has 1 aromatic rings. The van der Waals surface area contributed by atoms with E-state index >= 15 is 0 Å². The average Bonchev–Trinajstić information content (AvgIpc) is 2.40. The Morgan fingerprint density at radius 1 is 1.30 bits per heavy atom. The SMILES string of the molecule is CNCC(C)C(=O)NCC(c1ccccc1Cl)N(C)C. The Hall–Kier alpha value is -1.10. The first kappa shape index (κ1) is 17.0. The van der Waals surface area contributed by atoms with E-state index in [2.05, 4.69) is 15.5 Å². The van der Waals surface area contributed by atoms with Gasteiger partial charge in [-0.05, 0) is 32.8 Å². The lowest BCUT2D eigenvalue weighted by Gasteiger charge is -2.26. The number of hydrogen-bond donors (Lipinski definition) is 2. The Kier molecular flexibility index (Phi) is 6.99. The molecule has 0 aliphatic heterocycles. The minimum atomic E-state index is -0.0472. The molecule has 0 radical (unpaired) electrons. The van der Waals surface area contributed by atoms with Gasteiger partial charge in [0.05, 0.1) is 6.04 Å². The first-order chi connectivity index (χ1) is 9.47. The number of halogens is 1. The van der Waals surface area contributed by atoms with Gasteiger partial charge in [-0.15, -0.1) is 0 Å². The number of carbonyl (C=O) groups is 1. The van der Waals surface area contributed by atoms with Gasteiger partial charge in [-0.1, -0.05) is 36.7 Å². The number of hydrogen-bond acceptors (Lipinski definition) is 3. The maximum absolute atomic E-state index is 12.0. The van der Waals surface area contributed by atoms with Crippen molar-refractivity contribution >= 4 is 17.5 Å². The summed E-state index contributed by atoms with van der Waals surface area (Å²) in [5.74, 6) is 0.00677. The number of nitrogens with zero attached hydrogens (tertiary/aromatic N) is 1. The van der Waals surface area contributed by atoms with Gasteiger partial charge in [0.25, 0.3) is 0 Å². The zero-order valence-corrected chi connectivity index (χ0v) is 13.4. The van der Waals surface area contributed by atoms with E-state index in [9.17, 15) is 4.79 Å². The summed E-state index contributed by atoms with van der Waals surface area (Å²) < 4.78 is 0. The van der Waals surface area contributed by atoms with Gasteiger partial charge in [-0.2, -0.15) is 0 Å². The molecule has 1 aromatic carbocycles. The third-order valence-corrected chi connectivity index (χ3v) is 3.66. The van der Waals surface area contributed by atoms with Gasteiger partial charge in [0.2, 0.25) is 5.91 Å². The van der Waals surface area contributed by atoms with Crippen LogP contribution < -0.4 is 10.6 Å². The van der Waals surface area contributed by atoms with Gasteiger partial charge < -0.3 is 15.5 Å². The number of amides is 1. The highest BCUT2D eigenvalue weighted by atomic mass is 35.5. The minimum Gasteiger partial charge on any atom is -0.354 e. The molecule has 0 aliphatic carbocycles. The third kappa shape index (κ3) is 4.78. The van der Waals surface area contributed by atoms with Crippen molar-refractivity contribution in [1.29, 1.82) is 0 Å². The summed E-state index contributed by atoms with van der Waals surface area (Å²) >= 11 is 6.24. The number of carbonyl (C=O) groups excluding carboxylic acids is 1. The van der Waals surface area contributed by atoms with Gasteiger partial charge in [-0.3, -0.25) is 4.79 Å². The Bertz CT molecular complexity index is 437. The van der Waals surface area contributed by atoms with Crippen molar-refractivity contribution in [1.82, 2.24) is 15.5 Å². The van der Waals surface area contributed by atoms with Crippen LogP contribution >= 0.6 is 11.6 Å². The lowest BCUT2D eigenvalue weighted by atomic mass is 10.1. The number of rotatable bonds is 7. The molecule has 0 heterocycles. The topological polar surface area (TPSA) is 44.4 Å². The molecule has 4 nitrogen and oxygen atoms in total. The summed E-state index contributed by atoms with van der Waals surface area (Å²) in [6, 6.07) is 7.80. The van der Waals surface area contributed by atoms with E-state index in [1.165, 1.54) is 0 Å². The molecule has 2 atom stereocenters. The second kappa shape index (κ2) is 8.25. The number of nitrogens with one attached hydrogen (secondary N) is 2. The largest absolute Gasteiger partial charge is 0.354 e. The maximum atomic E-state index is 12.0. The fourth-order valence-corrected chi connectivity index (χ4v) is 2.35. The molecular formula is C15H24ClN3O. The maximum Gasteiger partial charge on any atom is 0.224 e. The van der Waals surface area contributed by atoms with E-state index in [1.54, 1.807) is 0 Å². The fourth-order valence-electron chi connectivity index (χ4n) is 2.09. The van der Waals surface area contributed by atoms with Crippen molar-refractivity contribution in [3.8, 4) is 0 Å². The normalized spacial score (nSPS) is 14.1. The lowest BCUT2D eigenvalue weighted by molar-refractivity contribution is -0.124. The van der Waals surface area contributed by atoms with Crippen molar-refractivity contribution < 1.29 is 4.79 Å². The van der Waals surface area contributed by atoms with E-state index in [1.807, 2.05) is 52.3 Å². The van der Waals surface area contributed by atoms with Crippen LogP contribution in [0.5, 0.6) is 0 Å². The molecule has 2 N–H and O–H groups in total. The third-order valence-electron chi connectivity index (χ3n) is 3.32. The van der Waals surface area contributed by atoms with Crippen molar-refractivity contribution in [3.05, 3.63) is 34.9 Å². The molecule has 5 heteroatoms. The van der Waals surface area contributed by atoms with Crippen molar-refractivity contribution in [2.24, 2.45) is 5.92 Å². The summed E-state index contributed by atoms with van der Waals surface area (Å²) in [7, 11) is 5.81. The molecule has 1 amide bonds. The molecule has 2 unspecified atom stereocenters. The summed E-state index contributed by atoms with van der Waals surface area (Å²) in [6.45, 7) is 3.13. The predicted molar refractivity (Wildman–Crippen MR) is 84.0 cm³/mol. The zero-order chi connectivity index (χ0) is 15.1. The van der Waals surface area contributed by atoms with Crippen LogP contribution in [-0.4, -0.2) is 45.0 Å². The Labute approximate surface area is 126 Å². The Morgan fingerprint density at radius 2 is 1.95 bits per heavy atom. The first-order valence-corrected chi connectivity index (χ1v) is 7.18. The molecule has 0 spiro atoms. The lowest BCUT2D eigenvalue weighted by Crippen LogP contribution is -2.39. The van der Waals surface area contributed by atoms with E-state index < -0.39 is 0 Å². The average molecular weight is 298 g/mol. The summed E-state index contributed by atoms with van der Waals surface area (Å²) in [6.07, 6.45) is 0. The van der Waals surface area contributed by atoms with E-state index in [0.717, 1.165) is 10.6 Å². The number of benzene rings is 1. The standard InChI is InChI=1S/C15H24ClN3O/c1-11(9-17-2)15(20)18-10-14(19(3)4)12-7-5-6-8-13(12)16/h5-8,11,14,17H,9-10H2,1-4H3,(H,18,20). The monoisotopic (exact) mass is 297 g/mol. The van der Waals surface area contributed by atoms with Gasteiger partial charge >= 0.3 is 0 Å². The highest BCUT2D eigenvalue weighted by molar-refractivity contribution is 6.31. The summed E-state index contributed by atoms with van der Waals surface area (Å²) in [5.41, 5.74) is 1.03. The molecule has 0 saturated heterocycles. The molecule has 112 valence electrons.